The topological polar surface area (TPSA) is 63.5 Å². The summed E-state index contributed by atoms with van der Waals surface area (Å²) in [4.78, 5) is 4.36. The molecule has 0 amide bonds. The molecule has 2 unspecified atom stereocenters. The van der Waals surface area contributed by atoms with Crippen LogP contribution in [0, 0.1) is 5.41 Å². The fraction of sp³-hybridized carbons (Fsp3) is 0.750. The Kier molecular flexibility index (Phi) is 6.30. The lowest BCUT2D eigenvalue weighted by Gasteiger charge is -2.61. The first kappa shape index (κ1) is 18.5. The van der Waals surface area contributed by atoms with Gasteiger partial charge in [0.2, 0.25) is 0 Å². The molecule has 6 nitrogen and oxygen atoms in total. The van der Waals surface area contributed by atoms with Crippen LogP contribution >= 0.6 is 24.0 Å². The first-order chi connectivity index (χ1) is 10.7. The average molecular weight is 433 g/mol. The quantitative estimate of drug-likeness (QED) is 0.424. The van der Waals surface area contributed by atoms with Crippen molar-refractivity contribution in [3.05, 3.63) is 18.0 Å². The summed E-state index contributed by atoms with van der Waals surface area (Å²) in [6.07, 6.45) is 7.19. The van der Waals surface area contributed by atoms with Crippen LogP contribution in [0.3, 0.4) is 0 Å². The van der Waals surface area contributed by atoms with Gasteiger partial charge in [-0.3, -0.25) is 9.67 Å². The highest BCUT2D eigenvalue weighted by Gasteiger charge is 2.59. The number of ether oxygens (including phenoxy) is 1. The Morgan fingerprint density at radius 2 is 2.30 bits per heavy atom. The molecule has 2 N–H and O–H groups in total. The van der Waals surface area contributed by atoms with Crippen LogP contribution in [0.25, 0.3) is 0 Å². The van der Waals surface area contributed by atoms with Crippen LogP contribution < -0.4 is 10.6 Å². The van der Waals surface area contributed by atoms with Crippen molar-refractivity contribution in [2.45, 2.75) is 51.3 Å². The molecule has 2 fully saturated rings. The minimum atomic E-state index is 0. The van der Waals surface area contributed by atoms with Gasteiger partial charge in [-0.2, -0.15) is 5.10 Å². The summed E-state index contributed by atoms with van der Waals surface area (Å²) in [7, 11) is 3.78. The largest absolute Gasteiger partial charge is 0.378 e. The number of aromatic nitrogens is 2. The van der Waals surface area contributed by atoms with Crippen molar-refractivity contribution in [3.63, 3.8) is 0 Å². The van der Waals surface area contributed by atoms with Gasteiger partial charge in [0.15, 0.2) is 5.96 Å². The van der Waals surface area contributed by atoms with Gasteiger partial charge < -0.3 is 15.4 Å². The van der Waals surface area contributed by atoms with Gasteiger partial charge in [-0.25, -0.2) is 0 Å². The molecule has 1 aromatic rings. The number of aryl methyl sites for hydroxylation is 1. The van der Waals surface area contributed by atoms with Crippen molar-refractivity contribution in [3.8, 4) is 0 Å². The van der Waals surface area contributed by atoms with E-state index in [1.165, 1.54) is 19.3 Å². The predicted octanol–water partition coefficient (Wildman–Crippen LogP) is 2.05. The van der Waals surface area contributed by atoms with Gasteiger partial charge in [-0.05, 0) is 32.3 Å². The number of hydrogen-bond donors (Lipinski definition) is 2. The van der Waals surface area contributed by atoms with Crippen LogP contribution in [0.1, 0.15) is 38.3 Å². The van der Waals surface area contributed by atoms with Gasteiger partial charge >= 0.3 is 0 Å². The number of guanidine groups is 1. The summed E-state index contributed by atoms with van der Waals surface area (Å²) < 4.78 is 7.78. The summed E-state index contributed by atoms with van der Waals surface area (Å²) in [5, 5.41) is 11.2. The molecule has 23 heavy (non-hydrogen) atoms. The van der Waals surface area contributed by atoms with E-state index >= 15 is 0 Å². The van der Waals surface area contributed by atoms with Crippen molar-refractivity contribution in [1.29, 1.82) is 0 Å². The molecular weight excluding hydrogens is 405 g/mol. The Bertz CT molecular complexity index is 540. The van der Waals surface area contributed by atoms with Crippen LogP contribution in [0.15, 0.2) is 17.3 Å². The molecule has 2 atom stereocenters. The summed E-state index contributed by atoms with van der Waals surface area (Å²) in [6, 6.07) is 2.50. The SMILES string of the molecule is CCOC1CC(NC(=NC)NCc2ccnn2C)C12CCC2.I. The molecule has 0 bridgehead atoms. The lowest BCUT2D eigenvalue weighted by atomic mass is 9.51. The van der Waals surface area contributed by atoms with E-state index in [2.05, 4.69) is 27.6 Å². The highest BCUT2D eigenvalue weighted by molar-refractivity contribution is 14.0. The number of hydrogen-bond acceptors (Lipinski definition) is 3. The summed E-state index contributed by atoms with van der Waals surface area (Å²) >= 11 is 0. The molecule has 7 heteroatoms. The van der Waals surface area contributed by atoms with Crippen molar-refractivity contribution >= 4 is 29.9 Å². The fourth-order valence-electron chi connectivity index (χ4n) is 3.75. The second kappa shape index (κ2) is 7.83. The highest BCUT2D eigenvalue weighted by Crippen LogP contribution is 2.57. The van der Waals surface area contributed by atoms with Crippen LogP contribution in [-0.2, 0) is 18.3 Å². The molecule has 0 aliphatic heterocycles. The minimum Gasteiger partial charge on any atom is -0.378 e. The van der Waals surface area contributed by atoms with E-state index < -0.39 is 0 Å². The Morgan fingerprint density at radius 3 is 2.83 bits per heavy atom. The van der Waals surface area contributed by atoms with E-state index in [0.29, 0.717) is 17.6 Å². The lowest BCUT2D eigenvalue weighted by Crippen LogP contribution is -2.68. The van der Waals surface area contributed by atoms with Crippen molar-refractivity contribution in [1.82, 2.24) is 20.4 Å². The molecule has 1 spiro atoms. The number of halogens is 1. The molecule has 2 saturated carbocycles. The maximum absolute atomic E-state index is 5.90. The van der Waals surface area contributed by atoms with E-state index in [-0.39, 0.29) is 24.0 Å². The van der Waals surface area contributed by atoms with Gasteiger partial charge in [0.1, 0.15) is 0 Å². The minimum absolute atomic E-state index is 0. The number of nitrogens with zero attached hydrogens (tertiary/aromatic N) is 3. The molecule has 2 aliphatic rings. The standard InChI is InChI=1S/C16H27N5O.HI/c1-4-22-14-10-13(16(14)7-5-8-16)20-15(17-2)18-11-12-6-9-19-21(12)3;/h6,9,13-14H,4-5,7-8,10-11H2,1-3H3,(H2,17,18,20);1H. The van der Waals surface area contributed by atoms with Crippen molar-refractivity contribution in [2.24, 2.45) is 17.5 Å². The van der Waals surface area contributed by atoms with Crippen LogP contribution in [0.4, 0.5) is 0 Å². The smallest absolute Gasteiger partial charge is 0.191 e. The Morgan fingerprint density at radius 1 is 1.52 bits per heavy atom. The number of nitrogens with one attached hydrogen (secondary N) is 2. The lowest BCUT2D eigenvalue weighted by molar-refractivity contribution is -0.168. The van der Waals surface area contributed by atoms with Crippen LogP contribution in [0.5, 0.6) is 0 Å². The van der Waals surface area contributed by atoms with Crippen molar-refractivity contribution < 1.29 is 4.74 Å². The molecule has 0 radical (unpaired) electrons. The molecule has 2 aliphatic carbocycles. The van der Waals surface area contributed by atoms with E-state index in [9.17, 15) is 0 Å². The van der Waals surface area contributed by atoms with E-state index in [4.69, 9.17) is 4.74 Å². The first-order valence-electron chi connectivity index (χ1n) is 8.25. The third kappa shape index (κ3) is 3.50. The van der Waals surface area contributed by atoms with E-state index in [1.807, 2.05) is 31.0 Å². The zero-order chi connectivity index (χ0) is 15.6. The number of aliphatic imine (C=N–C) groups is 1. The summed E-state index contributed by atoms with van der Waals surface area (Å²) in [6.45, 7) is 3.62. The monoisotopic (exact) mass is 433 g/mol. The highest BCUT2D eigenvalue weighted by atomic mass is 127. The van der Waals surface area contributed by atoms with E-state index in [0.717, 1.165) is 31.2 Å². The summed E-state index contributed by atoms with van der Waals surface area (Å²) in [5.41, 5.74) is 1.49. The Labute approximate surface area is 155 Å². The molecule has 130 valence electrons. The molecule has 0 aromatic carbocycles. The average Bonchev–Trinajstić information content (AvgIpc) is 2.84. The Hall–Kier alpha value is -0.830. The van der Waals surface area contributed by atoms with Gasteiger partial charge in [0.25, 0.3) is 0 Å². The second-order valence-electron chi connectivity index (χ2n) is 6.34. The van der Waals surface area contributed by atoms with E-state index in [1.54, 1.807) is 0 Å². The van der Waals surface area contributed by atoms with Gasteiger partial charge in [-0.1, -0.05) is 6.42 Å². The fourth-order valence-corrected chi connectivity index (χ4v) is 3.75. The maximum atomic E-state index is 5.90. The van der Waals surface area contributed by atoms with Crippen LogP contribution in [-0.4, -0.2) is 41.5 Å². The third-order valence-corrected chi connectivity index (χ3v) is 5.33. The molecular formula is C16H28IN5O. The third-order valence-electron chi connectivity index (χ3n) is 5.33. The van der Waals surface area contributed by atoms with Gasteiger partial charge in [-0.15, -0.1) is 24.0 Å². The molecule has 1 heterocycles. The normalized spacial score (nSPS) is 25.3. The van der Waals surface area contributed by atoms with Gasteiger partial charge in [0.05, 0.1) is 18.3 Å². The van der Waals surface area contributed by atoms with Crippen LogP contribution in [0.2, 0.25) is 0 Å². The zero-order valence-electron chi connectivity index (χ0n) is 14.2. The second-order valence-corrected chi connectivity index (χ2v) is 6.34. The maximum Gasteiger partial charge on any atom is 0.191 e. The Balaban J connectivity index is 0.00000192. The number of rotatable bonds is 5. The first-order valence-corrected chi connectivity index (χ1v) is 8.25. The summed E-state index contributed by atoms with van der Waals surface area (Å²) in [5.74, 6) is 0.868. The van der Waals surface area contributed by atoms with Gasteiger partial charge in [0, 0.05) is 38.4 Å². The predicted molar refractivity (Wildman–Crippen MR) is 102 cm³/mol. The van der Waals surface area contributed by atoms with Crippen molar-refractivity contribution in [2.75, 3.05) is 13.7 Å². The molecule has 3 rings (SSSR count). The zero-order valence-corrected chi connectivity index (χ0v) is 16.5. The molecule has 0 saturated heterocycles. The molecule has 1 aromatic heterocycles.